The summed E-state index contributed by atoms with van der Waals surface area (Å²) in [5.41, 5.74) is -0.00797. The smallest absolute Gasteiger partial charge is 0.131 e. The molecule has 0 bridgehead atoms. The molecule has 0 saturated carbocycles. The number of nitriles is 1. The first-order chi connectivity index (χ1) is 9.62. The topological polar surface area (TPSA) is 39.1 Å². The lowest BCUT2D eigenvalue weighted by Crippen LogP contribution is -2.32. The lowest BCUT2D eigenvalue weighted by molar-refractivity contribution is 0.287. The first-order valence-electron chi connectivity index (χ1n) is 6.93. The molecule has 0 aromatic heterocycles. The standard InChI is InChI=1S/C15H21F2N3/c1-3-6-20(4-2)7-5-19-11-13-14(16)8-12(10-18)9-15(13)17/h8-9,19H,3-7,11H2,1-2H3. The van der Waals surface area contributed by atoms with Gasteiger partial charge in [0.1, 0.15) is 11.6 Å². The van der Waals surface area contributed by atoms with Crippen LogP contribution < -0.4 is 5.32 Å². The zero-order valence-corrected chi connectivity index (χ0v) is 12.0. The summed E-state index contributed by atoms with van der Waals surface area (Å²) in [5, 5.41) is 11.7. The van der Waals surface area contributed by atoms with E-state index >= 15 is 0 Å². The molecule has 0 aliphatic carbocycles. The molecule has 5 heteroatoms. The van der Waals surface area contributed by atoms with Crippen LogP contribution in [0.2, 0.25) is 0 Å². The van der Waals surface area contributed by atoms with Gasteiger partial charge >= 0.3 is 0 Å². The Morgan fingerprint density at radius 2 is 1.85 bits per heavy atom. The average Bonchev–Trinajstić information content (AvgIpc) is 2.44. The Hall–Kier alpha value is -1.51. The minimum atomic E-state index is -0.671. The molecule has 110 valence electrons. The van der Waals surface area contributed by atoms with Gasteiger partial charge in [-0.1, -0.05) is 13.8 Å². The lowest BCUT2D eigenvalue weighted by Gasteiger charge is -2.19. The van der Waals surface area contributed by atoms with Crippen LogP contribution in [-0.4, -0.2) is 31.1 Å². The van der Waals surface area contributed by atoms with Crippen molar-refractivity contribution in [2.45, 2.75) is 26.8 Å². The molecule has 0 radical (unpaired) electrons. The van der Waals surface area contributed by atoms with Crippen LogP contribution in [0, 0.1) is 23.0 Å². The fourth-order valence-corrected chi connectivity index (χ4v) is 2.03. The van der Waals surface area contributed by atoms with Crippen molar-refractivity contribution in [1.29, 1.82) is 5.26 Å². The summed E-state index contributed by atoms with van der Waals surface area (Å²) in [5.74, 6) is -1.34. The molecule has 1 aromatic rings. The van der Waals surface area contributed by atoms with E-state index in [4.69, 9.17) is 5.26 Å². The molecule has 0 amide bonds. The first kappa shape index (κ1) is 16.5. The largest absolute Gasteiger partial charge is 0.311 e. The SMILES string of the molecule is CCCN(CC)CCNCc1c(F)cc(C#N)cc1F. The van der Waals surface area contributed by atoms with E-state index in [1.165, 1.54) is 0 Å². The van der Waals surface area contributed by atoms with Crippen molar-refractivity contribution in [3.8, 4) is 6.07 Å². The summed E-state index contributed by atoms with van der Waals surface area (Å²) < 4.78 is 27.3. The summed E-state index contributed by atoms with van der Waals surface area (Å²) in [6.07, 6.45) is 1.09. The maximum absolute atomic E-state index is 13.6. The number of hydrogen-bond donors (Lipinski definition) is 1. The highest BCUT2D eigenvalue weighted by molar-refractivity contribution is 5.34. The number of nitrogens with one attached hydrogen (secondary N) is 1. The number of benzene rings is 1. The number of nitrogens with zero attached hydrogens (tertiary/aromatic N) is 2. The van der Waals surface area contributed by atoms with Gasteiger partial charge in [-0.2, -0.15) is 5.26 Å². The van der Waals surface area contributed by atoms with Gasteiger partial charge in [-0.05, 0) is 31.6 Å². The van der Waals surface area contributed by atoms with Crippen LogP contribution in [0.15, 0.2) is 12.1 Å². The van der Waals surface area contributed by atoms with Gasteiger partial charge in [0.15, 0.2) is 0 Å². The fourth-order valence-electron chi connectivity index (χ4n) is 2.03. The van der Waals surface area contributed by atoms with Gasteiger partial charge in [0.05, 0.1) is 11.6 Å². The molecule has 0 atom stereocenters. The van der Waals surface area contributed by atoms with E-state index in [0.717, 1.165) is 38.2 Å². The third kappa shape index (κ3) is 4.87. The summed E-state index contributed by atoms with van der Waals surface area (Å²) in [4.78, 5) is 2.28. The highest BCUT2D eigenvalue weighted by Crippen LogP contribution is 2.14. The molecule has 3 nitrogen and oxygen atoms in total. The Morgan fingerprint density at radius 3 is 2.35 bits per heavy atom. The van der Waals surface area contributed by atoms with E-state index in [2.05, 4.69) is 24.1 Å². The third-order valence-electron chi connectivity index (χ3n) is 3.16. The quantitative estimate of drug-likeness (QED) is 0.745. The molecule has 1 rings (SSSR count). The summed E-state index contributed by atoms with van der Waals surface area (Å²) in [7, 11) is 0. The number of halogens is 2. The molecule has 0 unspecified atom stereocenters. The average molecular weight is 281 g/mol. The van der Waals surface area contributed by atoms with Crippen LogP contribution in [0.1, 0.15) is 31.4 Å². The monoisotopic (exact) mass is 281 g/mol. The van der Waals surface area contributed by atoms with Crippen LogP contribution in [0.5, 0.6) is 0 Å². The van der Waals surface area contributed by atoms with E-state index < -0.39 is 11.6 Å². The second-order valence-electron chi connectivity index (χ2n) is 4.64. The predicted molar refractivity (Wildman–Crippen MR) is 75.2 cm³/mol. The molecular formula is C15H21F2N3. The van der Waals surface area contributed by atoms with Gasteiger partial charge in [-0.25, -0.2) is 8.78 Å². The van der Waals surface area contributed by atoms with E-state index in [-0.39, 0.29) is 17.7 Å². The Labute approximate surface area is 119 Å². The van der Waals surface area contributed by atoms with Crippen LogP contribution in [-0.2, 0) is 6.54 Å². The Kier molecular flexibility index (Phi) is 7.13. The predicted octanol–water partition coefficient (Wildman–Crippen LogP) is 2.66. The molecule has 0 spiro atoms. The molecule has 1 N–H and O–H groups in total. The summed E-state index contributed by atoms with van der Waals surface area (Å²) >= 11 is 0. The molecular weight excluding hydrogens is 260 g/mol. The maximum Gasteiger partial charge on any atom is 0.131 e. The number of hydrogen-bond acceptors (Lipinski definition) is 3. The van der Waals surface area contributed by atoms with Crippen LogP contribution in [0.3, 0.4) is 0 Å². The highest BCUT2D eigenvalue weighted by Gasteiger charge is 2.11. The molecule has 1 aromatic carbocycles. The van der Waals surface area contributed by atoms with E-state index in [1.54, 1.807) is 6.07 Å². The molecule has 0 heterocycles. The lowest BCUT2D eigenvalue weighted by atomic mass is 10.1. The highest BCUT2D eigenvalue weighted by atomic mass is 19.1. The first-order valence-corrected chi connectivity index (χ1v) is 6.93. The maximum atomic E-state index is 13.6. The van der Waals surface area contributed by atoms with Gasteiger partial charge in [-0.3, -0.25) is 0 Å². The van der Waals surface area contributed by atoms with Crippen LogP contribution in [0.25, 0.3) is 0 Å². The van der Waals surface area contributed by atoms with Crippen LogP contribution in [0.4, 0.5) is 8.78 Å². The molecule has 20 heavy (non-hydrogen) atoms. The number of likely N-dealkylation sites (N-methyl/N-ethyl adjacent to an activating group) is 1. The zero-order valence-electron chi connectivity index (χ0n) is 12.0. The summed E-state index contributed by atoms with van der Waals surface area (Å²) in [6, 6.07) is 3.86. The second-order valence-corrected chi connectivity index (χ2v) is 4.64. The van der Waals surface area contributed by atoms with Crippen molar-refractivity contribution in [2.24, 2.45) is 0 Å². The van der Waals surface area contributed by atoms with Crippen molar-refractivity contribution in [2.75, 3.05) is 26.2 Å². The molecule has 0 aliphatic heterocycles. The van der Waals surface area contributed by atoms with Crippen molar-refractivity contribution in [3.05, 3.63) is 34.9 Å². The summed E-state index contributed by atoms with van der Waals surface area (Å²) in [6.45, 7) is 7.86. The molecule has 0 saturated heterocycles. The second kappa shape index (κ2) is 8.62. The fraction of sp³-hybridized carbons (Fsp3) is 0.533. The number of rotatable bonds is 8. The van der Waals surface area contributed by atoms with E-state index in [1.807, 2.05) is 0 Å². The van der Waals surface area contributed by atoms with Gasteiger partial charge in [0, 0.05) is 25.2 Å². The zero-order chi connectivity index (χ0) is 15.0. The van der Waals surface area contributed by atoms with Gasteiger partial charge in [-0.15, -0.1) is 0 Å². The van der Waals surface area contributed by atoms with Crippen molar-refractivity contribution < 1.29 is 8.78 Å². The van der Waals surface area contributed by atoms with Gasteiger partial charge in [0.2, 0.25) is 0 Å². The van der Waals surface area contributed by atoms with E-state index in [9.17, 15) is 8.78 Å². The Morgan fingerprint density at radius 1 is 1.20 bits per heavy atom. The molecule has 0 aliphatic rings. The van der Waals surface area contributed by atoms with Crippen molar-refractivity contribution in [3.63, 3.8) is 0 Å². The van der Waals surface area contributed by atoms with Gasteiger partial charge in [0.25, 0.3) is 0 Å². The van der Waals surface area contributed by atoms with E-state index in [0.29, 0.717) is 6.54 Å². The minimum absolute atomic E-state index is 0.00357. The minimum Gasteiger partial charge on any atom is -0.311 e. The van der Waals surface area contributed by atoms with Crippen LogP contribution >= 0.6 is 0 Å². The van der Waals surface area contributed by atoms with Gasteiger partial charge < -0.3 is 10.2 Å². The Balaban J connectivity index is 2.48. The third-order valence-corrected chi connectivity index (χ3v) is 3.16. The normalized spacial score (nSPS) is 10.8. The van der Waals surface area contributed by atoms with Crippen molar-refractivity contribution >= 4 is 0 Å². The Bertz CT molecular complexity index is 446. The van der Waals surface area contributed by atoms with Crippen molar-refractivity contribution in [1.82, 2.24) is 10.2 Å². The molecule has 0 fully saturated rings.